The topological polar surface area (TPSA) is 103 Å². The van der Waals surface area contributed by atoms with E-state index in [-0.39, 0.29) is 5.84 Å². The first-order valence-electron chi connectivity index (χ1n) is 6.93. The van der Waals surface area contributed by atoms with Crippen molar-refractivity contribution in [2.75, 3.05) is 19.0 Å². The summed E-state index contributed by atoms with van der Waals surface area (Å²) in [5, 5.41) is 16.0. The minimum absolute atomic E-state index is 0.251. The molecule has 4 N–H and O–H groups in total. The number of nitrogens with zero attached hydrogens (tertiary/aromatic N) is 2. The first-order chi connectivity index (χ1) is 10.9. The van der Waals surface area contributed by atoms with Crippen LogP contribution in [0.1, 0.15) is 21.5 Å². The molecule has 6 nitrogen and oxygen atoms in total. The molecule has 0 spiro atoms. The Kier molecular flexibility index (Phi) is 4.75. The average Bonchev–Trinajstić information content (AvgIpc) is 2.83. The van der Waals surface area contributed by atoms with Crippen LogP contribution in [-0.2, 0) is 0 Å². The molecule has 0 radical (unpaired) electrons. The lowest BCUT2D eigenvalue weighted by Gasteiger charge is -2.13. The van der Waals surface area contributed by atoms with E-state index in [1.807, 2.05) is 37.2 Å². The number of aromatic carboxylic acids is 1. The number of carboxylic acid groups (broad SMARTS) is 1. The Balaban J connectivity index is 0.000000185. The van der Waals surface area contributed by atoms with Gasteiger partial charge in [0.05, 0.1) is 5.56 Å². The van der Waals surface area contributed by atoms with Gasteiger partial charge < -0.3 is 15.7 Å². The Morgan fingerprint density at radius 2 is 1.78 bits per heavy atom. The molecule has 0 atom stereocenters. The fraction of sp³-hybridized carbons (Fsp3) is 0.118. The SMILES string of the molecule is CN(C)c1ccc2c(c1)C(=N)N=C2N.O=C(O)c1ccccc1. The lowest BCUT2D eigenvalue weighted by Crippen LogP contribution is -2.12. The Morgan fingerprint density at radius 3 is 2.30 bits per heavy atom. The lowest BCUT2D eigenvalue weighted by atomic mass is 10.1. The minimum Gasteiger partial charge on any atom is -0.478 e. The summed E-state index contributed by atoms with van der Waals surface area (Å²) in [5.74, 6) is -0.188. The molecule has 0 aliphatic carbocycles. The average molecular weight is 310 g/mol. The quantitative estimate of drug-likeness (QED) is 0.791. The van der Waals surface area contributed by atoms with E-state index < -0.39 is 5.97 Å². The fourth-order valence-electron chi connectivity index (χ4n) is 2.05. The molecule has 1 heterocycles. The maximum atomic E-state index is 10.2. The van der Waals surface area contributed by atoms with Crippen molar-refractivity contribution in [2.45, 2.75) is 0 Å². The third-order valence-electron chi connectivity index (χ3n) is 3.30. The molecule has 0 saturated carbocycles. The first-order valence-corrected chi connectivity index (χ1v) is 6.93. The van der Waals surface area contributed by atoms with E-state index in [2.05, 4.69) is 4.99 Å². The Labute approximate surface area is 134 Å². The maximum Gasteiger partial charge on any atom is 0.335 e. The van der Waals surface area contributed by atoms with Gasteiger partial charge in [-0.3, -0.25) is 5.41 Å². The molecule has 3 rings (SSSR count). The van der Waals surface area contributed by atoms with Crippen LogP contribution in [0.25, 0.3) is 0 Å². The fourth-order valence-corrected chi connectivity index (χ4v) is 2.05. The summed E-state index contributed by atoms with van der Waals surface area (Å²) in [6.07, 6.45) is 0. The molecular formula is C17H18N4O2. The van der Waals surface area contributed by atoms with Gasteiger partial charge in [-0.05, 0) is 30.3 Å². The number of anilines is 1. The summed E-state index contributed by atoms with van der Waals surface area (Å²) in [7, 11) is 3.93. The number of carbonyl (C=O) groups is 1. The van der Waals surface area contributed by atoms with E-state index in [0.29, 0.717) is 11.4 Å². The van der Waals surface area contributed by atoms with Crippen LogP contribution in [0.3, 0.4) is 0 Å². The largest absolute Gasteiger partial charge is 0.478 e. The summed E-state index contributed by atoms with van der Waals surface area (Å²) < 4.78 is 0. The second kappa shape index (κ2) is 6.74. The number of amidine groups is 2. The van der Waals surface area contributed by atoms with Crippen molar-refractivity contribution < 1.29 is 9.90 Å². The van der Waals surface area contributed by atoms with E-state index in [9.17, 15) is 4.79 Å². The maximum absolute atomic E-state index is 10.2. The number of nitrogens with two attached hydrogens (primary N) is 1. The lowest BCUT2D eigenvalue weighted by molar-refractivity contribution is 0.0697. The summed E-state index contributed by atoms with van der Waals surface area (Å²) in [6.45, 7) is 0. The summed E-state index contributed by atoms with van der Waals surface area (Å²) in [5.41, 5.74) is 8.72. The van der Waals surface area contributed by atoms with Gasteiger partial charge in [0.1, 0.15) is 5.84 Å². The predicted octanol–water partition coefficient (Wildman–Crippen LogP) is 2.18. The second-order valence-corrected chi connectivity index (χ2v) is 5.14. The Hall–Kier alpha value is -3.15. The highest BCUT2D eigenvalue weighted by Gasteiger charge is 2.18. The van der Waals surface area contributed by atoms with Crippen molar-refractivity contribution in [1.82, 2.24) is 0 Å². The van der Waals surface area contributed by atoms with Crippen LogP contribution in [0.4, 0.5) is 5.69 Å². The molecule has 0 saturated heterocycles. The van der Waals surface area contributed by atoms with Crippen LogP contribution in [-0.4, -0.2) is 36.8 Å². The van der Waals surface area contributed by atoms with Crippen molar-refractivity contribution in [2.24, 2.45) is 10.7 Å². The number of nitrogens with one attached hydrogen (secondary N) is 1. The molecule has 0 bridgehead atoms. The Morgan fingerprint density at radius 1 is 1.13 bits per heavy atom. The van der Waals surface area contributed by atoms with E-state index in [4.69, 9.17) is 16.2 Å². The predicted molar refractivity (Wildman–Crippen MR) is 91.7 cm³/mol. The van der Waals surface area contributed by atoms with Gasteiger partial charge in [-0.15, -0.1) is 0 Å². The van der Waals surface area contributed by atoms with Crippen molar-refractivity contribution >= 4 is 23.3 Å². The van der Waals surface area contributed by atoms with Crippen LogP contribution >= 0.6 is 0 Å². The van der Waals surface area contributed by atoms with Crippen LogP contribution < -0.4 is 10.6 Å². The van der Waals surface area contributed by atoms with Gasteiger partial charge in [0, 0.05) is 30.9 Å². The number of fused-ring (bicyclic) bond motifs is 1. The number of hydrogen-bond acceptors (Lipinski definition) is 4. The molecule has 0 amide bonds. The van der Waals surface area contributed by atoms with Gasteiger partial charge in [-0.2, -0.15) is 0 Å². The van der Waals surface area contributed by atoms with Gasteiger partial charge in [-0.25, -0.2) is 9.79 Å². The van der Waals surface area contributed by atoms with Crippen LogP contribution in [0.15, 0.2) is 53.5 Å². The normalized spacial score (nSPS) is 11.9. The van der Waals surface area contributed by atoms with Gasteiger partial charge in [0.2, 0.25) is 0 Å². The van der Waals surface area contributed by atoms with Crippen molar-refractivity contribution in [1.29, 1.82) is 5.41 Å². The smallest absolute Gasteiger partial charge is 0.335 e. The van der Waals surface area contributed by atoms with Crippen LogP contribution in [0.5, 0.6) is 0 Å². The minimum atomic E-state index is -0.879. The highest BCUT2D eigenvalue weighted by Crippen LogP contribution is 2.22. The number of carboxylic acids is 1. The highest BCUT2D eigenvalue weighted by molar-refractivity contribution is 6.21. The molecule has 0 fully saturated rings. The second-order valence-electron chi connectivity index (χ2n) is 5.14. The zero-order valence-corrected chi connectivity index (χ0v) is 12.9. The number of benzene rings is 2. The zero-order chi connectivity index (χ0) is 17.0. The van der Waals surface area contributed by atoms with Crippen LogP contribution in [0.2, 0.25) is 0 Å². The van der Waals surface area contributed by atoms with Crippen molar-refractivity contribution in [3.8, 4) is 0 Å². The third kappa shape index (κ3) is 3.74. The van der Waals surface area contributed by atoms with E-state index in [1.54, 1.807) is 30.3 Å². The summed E-state index contributed by atoms with van der Waals surface area (Å²) in [6, 6.07) is 14.1. The van der Waals surface area contributed by atoms with Crippen molar-refractivity contribution in [3.63, 3.8) is 0 Å². The third-order valence-corrected chi connectivity index (χ3v) is 3.30. The van der Waals surface area contributed by atoms with Crippen LogP contribution in [0, 0.1) is 5.41 Å². The van der Waals surface area contributed by atoms with Gasteiger partial charge in [0.25, 0.3) is 0 Å². The van der Waals surface area contributed by atoms with E-state index in [0.717, 1.165) is 16.8 Å². The number of rotatable bonds is 2. The number of aliphatic imine (C=N–C) groups is 1. The van der Waals surface area contributed by atoms with E-state index in [1.165, 1.54) is 0 Å². The monoisotopic (exact) mass is 310 g/mol. The van der Waals surface area contributed by atoms with Gasteiger partial charge >= 0.3 is 5.97 Å². The zero-order valence-electron chi connectivity index (χ0n) is 12.9. The molecule has 2 aromatic rings. The molecule has 6 heteroatoms. The summed E-state index contributed by atoms with van der Waals surface area (Å²) in [4.78, 5) is 16.1. The molecular weight excluding hydrogens is 292 g/mol. The molecule has 0 aromatic heterocycles. The molecule has 0 unspecified atom stereocenters. The molecule has 2 aromatic carbocycles. The highest BCUT2D eigenvalue weighted by atomic mass is 16.4. The van der Waals surface area contributed by atoms with Gasteiger partial charge in [-0.1, -0.05) is 18.2 Å². The molecule has 118 valence electrons. The summed E-state index contributed by atoms with van der Waals surface area (Å²) >= 11 is 0. The first kappa shape index (κ1) is 16.2. The molecule has 1 aliphatic heterocycles. The van der Waals surface area contributed by atoms with Crippen molar-refractivity contribution in [3.05, 3.63) is 65.2 Å². The molecule has 23 heavy (non-hydrogen) atoms. The number of hydrogen-bond donors (Lipinski definition) is 3. The van der Waals surface area contributed by atoms with E-state index >= 15 is 0 Å². The van der Waals surface area contributed by atoms with Gasteiger partial charge in [0.15, 0.2) is 5.84 Å². The standard InChI is InChI=1S/C10H12N4.C7H6O2/c1-14(2)6-3-4-7-8(5-6)10(12)13-9(7)11;8-7(9)6-4-2-1-3-5-6/h3-5H,1-2H3,(H3,11,12,13);1-5H,(H,8,9). The Bertz CT molecular complexity index is 767. The molecule has 1 aliphatic rings.